The number of aromatic nitrogens is 1. The lowest BCUT2D eigenvalue weighted by Crippen LogP contribution is -2.24. The number of aromatic amines is 1. The van der Waals surface area contributed by atoms with E-state index in [2.05, 4.69) is 10.3 Å². The summed E-state index contributed by atoms with van der Waals surface area (Å²) in [5, 5.41) is 2.08. The molecule has 90 valence electrons. The first kappa shape index (κ1) is 13.3. The van der Waals surface area contributed by atoms with E-state index in [1.165, 1.54) is 18.3 Å². The van der Waals surface area contributed by atoms with Gasteiger partial charge in [-0.05, 0) is 6.07 Å². The third-order valence-corrected chi connectivity index (χ3v) is 4.97. The number of rotatable bonds is 4. The molecule has 16 heavy (non-hydrogen) atoms. The van der Waals surface area contributed by atoms with Crippen molar-refractivity contribution in [1.82, 2.24) is 0 Å². The average molecular weight is 269 g/mol. The summed E-state index contributed by atoms with van der Waals surface area (Å²) < 4.78 is 21.8. The monoisotopic (exact) mass is 269 g/mol. The highest BCUT2D eigenvalue weighted by Gasteiger charge is 2.47. The van der Waals surface area contributed by atoms with Gasteiger partial charge >= 0.3 is 15.2 Å². The Labute approximate surface area is 90.7 Å². The van der Waals surface area contributed by atoms with E-state index in [-0.39, 0.29) is 5.82 Å². The van der Waals surface area contributed by atoms with E-state index < -0.39 is 20.7 Å². The summed E-state index contributed by atoms with van der Waals surface area (Å²) in [6.07, 6.45) is 1.44. The molecule has 0 radical (unpaired) electrons. The van der Waals surface area contributed by atoms with E-state index in [0.29, 0.717) is 0 Å². The molecule has 0 aliphatic carbocycles. The van der Waals surface area contributed by atoms with Crippen molar-refractivity contribution in [1.29, 1.82) is 0 Å². The van der Waals surface area contributed by atoms with Gasteiger partial charge in [0, 0.05) is 6.07 Å². The summed E-state index contributed by atoms with van der Waals surface area (Å²) in [6.45, 7) is 0. The van der Waals surface area contributed by atoms with Gasteiger partial charge in [-0.15, -0.1) is 0 Å². The van der Waals surface area contributed by atoms with Crippen LogP contribution in [0.1, 0.15) is 0 Å². The molecule has 0 atom stereocenters. The van der Waals surface area contributed by atoms with Crippen molar-refractivity contribution >= 4 is 21.0 Å². The first-order chi connectivity index (χ1) is 7.21. The molecule has 0 fully saturated rings. The lowest BCUT2D eigenvalue weighted by Gasteiger charge is -2.16. The third kappa shape index (κ3) is 3.68. The summed E-state index contributed by atoms with van der Waals surface area (Å²) in [5.41, 5.74) is -2.25. The van der Waals surface area contributed by atoms with Gasteiger partial charge in [-0.2, -0.15) is 0 Å². The minimum absolute atomic E-state index is 0.0964. The Morgan fingerprint density at radius 2 is 1.69 bits per heavy atom. The quantitative estimate of drug-likeness (QED) is 0.466. The van der Waals surface area contributed by atoms with Crippen molar-refractivity contribution in [2.45, 2.75) is 5.52 Å². The van der Waals surface area contributed by atoms with Crippen LogP contribution in [0.3, 0.4) is 0 Å². The van der Waals surface area contributed by atoms with Crippen LogP contribution in [0.15, 0.2) is 24.4 Å². The Bertz CT molecular complexity index is 418. The standard InChI is InChI=1S/C6H10N2O6P2/c9-15(10,11)6(16(12,13)14)8-5-3-1-2-4-7-5/h1-4,6H,(H,7,8)(H2,9,10,11)(H2,12,13,14)/p+1. The minimum atomic E-state index is -4.96. The molecule has 8 nitrogen and oxygen atoms in total. The van der Waals surface area contributed by atoms with E-state index in [1.54, 1.807) is 6.07 Å². The van der Waals surface area contributed by atoms with E-state index >= 15 is 0 Å². The lowest BCUT2D eigenvalue weighted by atomic mass is 10.5. The first-order valence-corrected chi connectivity index (χ1v) is 7.41. The highest BCUT2D eigenvalue weighted by atomic mass is 31.2. The van der Waals surface area contributed by atoms with Gasteiger partial charge in [0.05, 0.1) is 6.20 Å². The van der Waals surface area contributed by atoms with E-state index in [1.807, 2.05) is 0 Å². The second kappa shape index (κ2) is 4.63. The number of H-pyrrole nitrogens is 1. The molecule has 0 aliphatic rings. The summed E-state index contributed by atoms with van der Waals surface area (Å²) in [6, 6.07) is 4.53. The van der Waals surface area contributed by atoms with Crippen molar-refractivity contribution in [3.05, 3.63) is 24.4 Å². The van der Waals surface area contributed by atoms with Crippen LogP contribution in [0.25, 0.3) is 0 Å². The number of anilines is 1. The fourth-order valence-electron chi connectivity index (χ4n) is 0.986. The molecule has 0 aromatic carbocycles. The Hall–Kier alpha value is -0.750. The van der Waals surface area contributed by atoms with Gasteiger partial charge in [-0.3, -0.25) is 9.13 Å². The van der Waals surface area contributed by atoms with Crippen LogP contribution < -0.4 is 10.3 Å². The Morgan fingerprint density at radius 3 is 2.06 bits per heavy atom. The molecule has 1 rings (SSSR count). The second-order valence-corrected chi connectivity index (χ2v) is 6.77. The number of hydrogen-bond donors (Lipinski definition) is 5. The van der Waals surface area contributed by atoms with Crippen LogP contribution in [0.2, 0.25) is 0 Å². The smallest absolute Gasteiger partial charge is 0.321 e. The zero-order valence-corrected chi connectivity index (χ0v) is 9.68. The predicted molar refractivity (Wildman–Crippen MR) is 54.5 cm³/mol. The van der Waals surface area contributed by atoms with Gasteiger partial charge in [0.25, 0.3) is 11.3 Å². The third-order valence-electron chi connectivity index (χ3n) is 1.63. The molecule has 1 aromatic heterocycles. The number of pyridine rings is 1. The topological polar surface area (TPSA) is 141 Å². The zero-order chi connectivity index (χ0) is 12.4. The summed E-state index contributed by atoms with van der Waals surface area (Å²) >= 11 is 0. The van der Waals surface area contributed by atoms with Crippen molar-refractivity contribution in [2.24, 2.45) is 0 Å². The summed E-state index contributed by atoms with van der Waals surface area (Å²) in [7, 11) is -9.91. The number of hydrogen-bond acceptors (Lipinski definition) is 3. The highest BCUT2D eigenvalue weighted by Crippen LogP contribution is 2.59. The molecule has 1 aromatic rings. The van der Waals surface area contributed by atoms with E-state index in [9.17, 15) is 9.13 Å². The molecule has 0 aliphatic heterocycles. The maximum Gasteiger partial charge on any atom is 0.382 e. The molecular formula is C6H11N2O6P2+. The van der Waals surface area contributed by atoms with Crippen LogP contribution in [0.4, 0.5) is 5.82 Å². The molecular weight excluding hydrogens is 258 g/mol. The molecule has 6 N–H and O–H groups in total. The van der Waals surface area contributed by atoms with E-state index in [4.69, 9.17) is 19.6 Å². The fraction of sp³-hybridized carbons (Fsp3) is 0.167. The molecule has 0 unspecified atom stereocenters. The molecule has 0 saturated carbocycles. The van der Waals surface area contributed by atoms with Gasteiger partial charge in [0.15, 0.2) is 0 Å². The second-order valence-electron chi connectivity index (χ2n) is 2.97. The van der Waals surface area contributed by atoms with Crippen LogP contribution in [-0.2, 0) is 9.13 Å². The fourth-order valence-corrected chi connectivity index (χ4v) is 3.17. The summed E-state index contributed by atoms with van der Waals surface area (Å²) in [5.74, 6) is 0.0964. The van der Waals surface area contributed by atoms with Crippen LogP contribution in [0.5, 0.6) is 0 Å². The van der Waals surface area contributed by atoms with Gasteiger partial charge in [0.1, 0.15) is 0 Å². The normalized spacial score (nSPS) is 12.8. The Balaban J connectivity index is 2.99. The van der Waals surface area contributed by atoms with Gasteiger partial charge in [-0.25, -0.2) is 10.3 Å². The predicted octanol–water partition coefficient (Wildman–Crippen LogP) is -0.448. The molecule has 0 spiro atoms. The Morgan fingerprint density at radius 1 is 1.12 bits per heavy atom. The van der Waals surface area contributed by atoms with Crippen molar-refractivity contribution in [3.63, 3.8) is 0 Å². The van der Waals surface area contributed by atoms with Crippen molar-refractivity contribution in [2.75, 3.05) is 5.32 Å². The maximum atomic E-state index is 10.9. The van der Waals surface area contributed by atoms with Gasteiger partial charge in [0.2, 0.25) is 0 Å². The Kier molecular flexibility index (Phi) is 3.85. The van der Waals surface area contributed by atoms with E-state index in [0.717, 1.165) is 0 Å². The van der Waals surface area contributed by atoms with Crippen LogP contribution >= 0.6 is 15.2 Å². The maximum absolute atomic E-state index is 10.9. The van der Waals surface area contributed by atoms with Crippen molar-refractivity contribution < 1.29 is 33.7 Å². The molecule has 0 saturated heterocycles. The molecule has 0 amide bonds. The zero-order valence-electron chi connectivity index (χ0n) is 7.89. The molecule has 0 bridgehead atoms. The number of nitrogens with one attached hydrogen (secondary N) is 2. The minimum Gasteiger partial charge on any atom is -0.321 e. The van der Waals surface area contributed by atoms with Gasteiger partial charge < -0.3 is 19.6 Å². The first-order valence-electron chi connectivity index (χ1n) is 4.05. The largest absolute Gasteiger partial charge is 0.382 e. The van der Waals surface area contributed by atoms with Crippen molar-refractivity contribution in [3.8, 4) is 0 Å². The average Bonchev–Trinajstić information content (AvgIpc) is 2.12. The summed E-state index contributed by atoms with van der Waals surface area (Å²) in [4.78, 5) is 37.8. The van der Waals surface area contributed by atoms with Crippen LogP contribution in [-0.4, -0.2) is 25.1 Å². The SMILES string of the molecule is O=P(O)(O)C(Nc1cccc[nH+]1)P(=O)(O)O. The van der Waals surface area contributed by atoms with Gasteiger partial charge in [-0.1, -0.05) is 6.07 Å². The lowest BCUT2D eigenvalue weighted by molar-refractivity contribution is -0.361. The van der Waals surface area contributed by atoms with Crippen LogP contribution in [0, 0.1) is 0 Å². The molecule has 1 heterocycles. The molecule has 10 heteroatoms. The highest BCUT2D eigenvalue weighted by molar-refractivity contribution is 7.71.